The van der Waals surface area contributed by atoms with Crippen molar-refractivity contribution in [2.45, 2.75) is 0 Å². The van der Waals surface area contributed by atoms with Crippen LogP contribution in [0.5, 0.6) is 0 Å². The summed E-state index contributed by atoms with van der Waals surface area (Å²) in [5, 5.41) is 5.97. The number of amides is 1. The predicted molar refractivity (Wildman–Crippen MR) is 87.6 cm³/mol. The standard InChI is InChI=1S/C15H17ClN2O3S/c1-20-8-9-21-7-6-17-14(19)13-10-22-15(18-13)11-2-4-12(16)5-3-11/h2-5,10H,6-9H2,1H3,(H,17,19). The Bertz CT molecular complexity index is 601. The average molecular weight is 341 g/mol. The highest BCUT2D eigenvalue weighted by Crippen LogP contribution is 2.24. The minimum Gasteiger partial charge on any atom is -0.382 e. The van der Waals surface area contributed by atoms with E-state index in [1.54, 1.807) is 24.6 Å². The summed E-state index contributed by atoms with van der Waals surface area (Å²) in [6.07, 6.45) is 0. The quantitative estimate of drug-likeness (QED) is 0.751. The molecule has 1 aromatic heterocycles. The van der Waals surface area contributed by atoms with E-state index in [0.29, 0.717) is 37.1 Å². The number of methoxy groups -OCH3 is 1. The van der Waals surface area contributed by atoms with E-state index in [4.69, 9.17) is 21.1 Å². The molecule has 0 unspecified atom stereocenters. The average Bonchev–Trinajstić information content (AvgIpc) is 3.01. The van der Waals surface area contributed by atoms with Crippen molar-refractivity contribution < 1.29 is 14.3 Å². The van der Waals surface area contributed by atoms with Gasteiger partial charge in [0.15, 0.2) is 0 Å². The lowest BCUT2D eigenvalue weighted by Crippen LogP contribution is -2.27. The van der Waals surface area contributed by atoms with Crippen LogP contribution in [-0.4, -0.2) is 44.4 Å². The summed E-state index contributed by atoms with van der Waals surface area (Å²) >= 11 is 7.28. The number of ether oxygens (including phenoxy) is 2. The van der Waals surface area contributed by atoms with E-state index in [-0.39, 0.29) is 5.91 Å². The second kappa shape index (κ2) is 8.85. The summed E-state index contributed by atoms with van der Waals surface area (Å²) in [6.45, 7) is 1.95. The zero-order valence-corrected chi connectivity index (χ0v) is 13.7. The highest BCUT2D eigenvalue weighted by molar-refractivity contribution is 7.13. The van der Waals surface area contributed by atoms with Gasteiger partial charge in [-0.1, -0.05) is 23.7 Å². The molecule has 1 aromatic carbocycles. The number of rotatable bonds is 8. The number of carbonyl (C=O) groups is 1. The van der Waals surface area contributed by atoms with Gasteiger partial charge in [-0.15, -0.1) is 11.3 Å². The van der Waals surface area contributed by atoms with Gasteiger partial charge in [-0.3, -0.25) is 4.79 Å². The first-order valence-electron chi connectivity index (χ1n) is 6.77. The second-order valence-electron chi connectivity index (χ2n) is 4.41. The number of thiazole rings is 1. The fraction of sp³-hybridized carbons (Fsp3) is 0.333. The summed E-state index contributed by atoms with van der Waals surface area (Å²) in [7, 11) is 1.62. The van der Waals surface area contributed by atoms with Crippen molar-refractivity contribution in [3.63, 3.8) is 0 Å². The van der Waals surface area contributed by atoms with Crippen molar-refractivity contribution >= 4 is 28.8 Å². The molecule has 1 heterocycles. The first-order valence-corrected chi connectivity index (χ1v) is 8.03. The Kier molecular flexibility index (Phi) is 6.79. The maximum Gasteiger partial charge on any atom is 0.270 e. The molecule has 22 heavy (non-hydrogen) atoms. The van der Waals surface area contributed by atoms with Crippen LogP contribution < -0.4 is 5.32 Å². The minimum absolute atomic E-state index is 0.202. The molecule has 0 saturated heterocycles. The molecule has 1 N–H and O–H groups in total. The van der Waals surface area contributed by atoms with E-state index in [1.807, 2.05) is 12.1 Å². The van der Waals surface area contributed by atoms with Crippen molar-refractivity contribution in [3.05, 3.63) is 40.4 Å². The molecule has 0 spiro atoms. The van der Waals surface area contributed by atoms with Crippen LogP contribution in [0.25, 0.3) is 10.6 Å². The third-order valence-electron chi connectivity index (χ3n) is 2.79. The Morgan fingerprint density at radius 1 is 1.27 bits per heavy atom. The van der Waals surface area contributed by atoms with E-state index in [1.165, 1.54) is 11.3 Å². The van der Waals surface area contributed by atoms with Crippen LogP contribution in [0.15, 0.2) is 29.6 Å². The summed E-state index contributed by atoms with van der Waals surface area (Å²) in [6, 6.07) is 7.36. The maximum atomic E-state index is 12.0. The lowest BCUT2D eigenvalue weighted by Gasteiger charge is -2.04. The van der Waals surface area contributed by atoms with Crippen LogP contribution in [0.4, 0.5) is 0 Å². The fourth-order valence-electron chi connectivity index (χ4n) is 1.67. The van der Waals surface area contributed by atoms with Crippen LogP contribution in [-0.2, 0) is 9.47 Å². The van der Waals surface area contributed by atoms with Crippen molar-refractivity contribution in [2.75, 3.05) is 33.5 Å². The topological polar surface area (TPSA) is 60.5 Å². The molecule has 0 saturated carbocycles. The molecule has 2 rings (SSSR count). The van der Waals surface area contributed by atoms with Gasteiger partial charge in [-0.05, 0) is 12.1 Å². The molecule has 0 aliphatic heterocycles. The SMILES string of the molecule is COCCOCCNC(=O)c1csc(-c2ccc(Cl)cc2)n1. The van der Waals surface area contributed by atoms with Gasteiger partial charge in [-0.2, -0.15) is 0 Å². The third-order valence-corrected chi connectivity index (χ3v) is 3.94. The number of nitrogens with one attached hydrogen (secondary N) is 1. The van der Waals surface area contributed by atoms with E-state index in [2.05, 4.69) is 10.3 Å². The van der Waals surface area contributed by atoms with Gasteiger partial charge in [0.05, 0.1) is 19.8 Å². The maximum absolute atomic E-state index is 12.0. The summed E-state index contributed by atoms with van der Waals surface area (Å²) in [5.74, 6) is -0.202. The molecule has 0 bridgehead atoms. The number of halogens is 1. The number of aromatic nitrogens is 1. The van der Waals surface area contributed by atoms with E-state index >= 15 is 0 Å². The third kappa shape index (κ3) is 5.06. The van der Waals surface area contributed by atoms with Crippen LogP contribution in [0.3, 0.4) is 0 Å². The lowest BCUT2D eigenvalue weighted by molar-refractivity contribution is 0.0692. The van der Waals surface area contributed by atoms with Gasteiger partial charge in [0, 0.05) is 29.6 Å². The molecule has 0 radical (unpaired) electrons. The molecule has 2 aromatic rings. The molecule has 0 atom stereocenters. The number of carbonyl (C=O) groups excluding carboxylic acids is 1. The molecule has 1 amide bonds. The van der Waals surface area contributed by atoms with E-state index in [9.17, 15) is 4.79 Å². The van der Waals surface area contributed by atoms with Gasteiger partial charge in [-0.25, -0.2) is 4.98 Å². The Morgan fingerprint density at radius 2 is 2.05 bits per heavy atom. The summed E-state index contributed by atoms with van der Waals surface area (Å²) < 4.78 is 10.1. The first kappa shape index (κ1) is 16.9. The molecule has 5 nitrogen and oxygen atoms in total. The lowest BCUT2D eigenvalue weighted by atomic mass is 10.2. The molecular formula is C15H17ClN2O3S. The zero-order valence-electron chi connectivity index (χ0n) is 12.2. The van der Waals surface area contributed by atoms with Gasteiger partial charge in [0.2, 0.25) is 0 Å². The highest BCUT2D eigenvalue weighted by Gasteiger charge is 2.11. The van der Waals surface area contributed by atoms with Gasteiger partial charge in [0.1, 0.15) is 10.7 Å². The highest BCUT2D eigenvalue weighted by atomic mass is 35.5. The van der Waals surface area contributed by atoms with Crippen LogP contribution in [0.2, 0.25) is 5.02 Å². The normalized spacial score (nSPS) is 10.6. The number of nitrogens with zero attached hydrogens (tertiary/aromatic N) is 1. The molecule has 7 heteroatoms. The summed E-state index contributed by atoms with van der Waals surface area (Å²) in [5.41, 5.74) is 1.35. The van der Waals surface area contributed by atoms with Crippen molar-refractivity contribution in [2.24, 2.45) is 0 Å². The van der Waals surface area contributed by atoms with Crippen LogP contribution in [0, 0.1) is 0 Å². The predicted octanol–water partition coefficient (Wildman–Crippen LogP) is 2.86. The second-order valence-corrected chi connectivity index (χ2v) is 5.70. The number of hydrogen-bond donors (Lipinski definition) is 1. The fourth-order valence-corrected chi connectivity index (χ4v) is 2.61. The van der Waals surface area contributed by atoms with Crippen LogP contribution >= 0.6 is 22.9 Å². The number of hydrogen-bond acceptors (Lipinski definition) is 5. The molecular weight excluding hydrogens is 324 g/mol. The Balaban J connectivity index is 1.83. The Hall–Kier alpha value is -1.47. The summed E-state index contributed by atoms with van der Waals surface area (Å²) in [4.78, 5) is 16.3. The van der Waals surface area contributed by atoms with Crippen molar-refractivity contribution in [1.29, 1.82) is 0 Å². The van der Waals surface area contributed by atoms with Crippen molar-refractivity contribution in [1.82, 2.24) is 10.3 Å². The largest absolute Gasteiger partial charge is 0.382 e. The monoisotopic (exact) mass is 340 g/mol. The van der Waals surface area contributed by atoms with E-state index in [0.717, 1.165) is 10.6 Å². The van der Waals surface area contributed by atoms with Crippen LogP contribution in [0.1, 0.15) is 10.5 Å². The van der Waals surface area contributed by atoms with Gasteiger partial charge in [0.25, 0.3) is 5.91 Å². The molecule has 0 fully saturated rings. The first-order chi connectivity index (χ1) is 10.7. The zero-order chi connectivity index (χ0) is 15.8. The molecule has 118 valence electrons. The Labute approximate surface area is 138 Å². The minimum atomic E-state index is -0.202. The Morgan fingerprint density at radius 3 is 2.77 bits per heavy atom. The van der Waals surface area contributed by atoms with Gasteiger partial charge < -0.3 is 14.8 Å². The number of benzene rings is 1. The van der Waals surface area contributed by atoms with Crippen molar-refractivity contribution in [3.8, 4) is 10.6 Å². The molecule has 0 aliphatic rings. The van der Waals surface area contributed by atoms with Gasteiger partial charge >= 0.3 is 0 Å². The smallest absolute Gasteiger partial charge is 0.270 e. The molecule has 0 aliphatic carbocycles. The van der Waals surface area contributed by atoms with E-state index < -0.39 is 0 Å².